The molecule has 0 bridgehead atoms. The Morgan fingerprint density at radius 3 is 2.27 bits per heavy atom. The quantitative estimate of drug-likeness (QED) is 0.600. The smallest absolute Gasteiger partial charge is 0.136 e. The van der Waals surface area contributed by atoms with E-state index in [1.165, 1.54) is 0 Å². The molecule has 0 aliphatic carbocycles. The zero-order chi connectivity index (χ0) is 23.2. The number of nitrogens with one attached hydrogen (secondary N) is 1. The zero-order valence-corrected chi connectivity index (χ0v) is 5.36. The van der Waals surface area contributed by atoms with Gasteiger partial charge in [-0.15, -0.1) is 0 Å². The van der Waals surface area contributed by atoms with Gasteiger partial charge in [-0.3, -0.25) is 4.79 Å². The highest BCUT2D eigenvalue weighted by atomic mass is 16.1. The van der Waals surface area contributed by atoms with Gasteiger partial charge < -0.3 is 5.31 Å². The van der Waals surface area contributed by atoms with Gasteiger partial charge in [0, 0.05) is 45.8 Å². The number of carbonyl (C=O) groups is 1. The van der Waals surface area contributed by atoms with Crippen molar-refractivity contribution in [2.24, 2.45) is 0 Å². The van der Waals surface area contributed by atoms with Gasteiger partial charge in [-0.2, -0.15) is 0 Å². The van der Waals surface area contributed by atoms with Gasteiger partial charge in [0.25, 0.3) is 0 Å². The summed E-state index contributed by atoms with van der Waals surface area (Å²) in [6, 6.07) is 0. The van der Waals surface area contributed by atoms with Crippen LogP contribution in [0.25, 0.3) is 0 Å². The standard InChI is InChI=1S/C9H17NO/c1-8(2)5-7(11)6-9(3,4)10-8/h10H,5-6H2,1-4H3/i1D3,2D3,3D3,4D3,5D2,6D2/hD. The number of ketones is 1. The molecule has 0 amide bonds. The predicted molar refractivity (Wildman–Crippen MR) is 45.5 cm³/mol. The number of Topliss-reactive ketones (excluding diaryl/α,β-unsaturated/α-hetero) is 1. The maximum Gasteiger partial charge on any atom is 0.136 e. The Kier molecular flexibility index (Phi) is 0.271. The van der Waals surface area contributed by atoms with Crippen LogP contribution in [-0.4, -0.2) is 16.9 Å². The first kappa shape index (κ1) is 1.29. The molecule has 1 fully saturated rings. The molecule has 11 heavy (non-hydrogen) atoms. The monoisotopic (exact) mass is 172 g/mol. The van der Waals surface area contributed by atoms with Crippen LogP contribution in [0.5, 0.6) is 0 Å². The molecule has 0 aromatic heterocycles. The summed E-state index contributed by atoms with van der Waals surface area (Å²) in [5, 5.41) is -1.05. The van der Waals surface area contributed by atoms with Crippen LogP contribution in [0.3, 0.4) is 0 Å². The molecular weight excluding hydrogens is 138 g/mol. The summed E-state index contributed by atoms with van der Waals surface area (Å²) in [6.07, 6.45) is -8.37. The molecular formula is C9H17NO. The predicted octanol–water partition coefficient (Wildman–Crippen LogP) is 1.50. The Balaban J connectivity index is 4.41. The number of carbonyl (C=O) groups excluding carboxylic acids is 1. The van der Waals surface area contributed by atoms with Crippen molar-refractivity contribution in [3.8, 4) is 0 Å². The van der Waals surface area contributed by atoms with Crippen LogP contribution in [0.1, 0.15) is 62.1 Å². The van der Waals surface area contributed by atoms with E-state index in [4.69, 9.17) is 23.3 Å². The molecule has 1 aliphatic heterocycles. The van der Waals surface area contributed by atoms with E-state index in [0.29, 0.717) is 0 Å². The fourth-order valence-electron chi connectivity index (χ4n) is 0.667. The van der Waals surface area contributed by atoms with E-state index in [-0.39, 0.29) is 0 Å². The number of piperidine rings is 1. The highest BCUT2D eigenvalue weighted by molar-refractivity contribution is 5.81. The van der Waals surface area contributed by atoms with Crippen molar-refractivity contribution in [1.29, 1.82) is 0 Å². The van der Waals surface area contributed by atoms with Crippen molar-refractivity contribution < 1.29 is 28.1 Å². The molecule has 64 valence electrons. The molecule has 1 heterocycles. The molecule has 0 saturated carbocycles. The van der Waals surface area contributed by atoms with E-state index < -0.39 is 62.3 Å². The van der Waals surface area contributed by atoms with Crippen LogP contribution in [0.15, 0.2) is 0 Å². The number of hydrogen-bond acceptors (Lipinski definition) is 2. The summed E-state index contributed by atoms with van der Waals surface area (Å²) in [5.41, 5.74) is -8.59. The molecule has 0 atom stereocenters. The first-order valence-electron chi connectivity index (χ1n) is 11.1. The van der Waals surface area contributed by atoms with Gasteiger partial charge in [-0.1, -0.05) is 0 Å². The van der Waals surface area contributed by atoms with Gasteiger partial charge in [0.2, 0.25) is 0 Å². The minimum Gasteiger partial charge on any atom is -0.306 e. The number of rotatable bonds is 0. The zero-order valence-electron chi connectivity index (χ0n) is 22.4. The van der Waals surface area contributed by atoms with Gasteiger partial charge in [-0.05, 0) is 27.4 Å². The van der Waals surface area contributed by atoms with Crippen LogP contribution in [0, 0.1) is 0 Å². The van der Waals surface area contributed by atoms with Crippen LogP contribution < -0.4 is 5.31 Å². The minimum atomic E-state index is -4.29. The molecule has 0 spiro atoms. The minimum absolute atomic E-state index is 1.05. The third-order valence-electron chi connectivity index (χ3n) is 0.924. The van der Waals surface area contributed by atoms with E-state index >= 15 is 0 Å². The molecule has 0 aromatic rings. The lowest BCUT2D eigenvalue weighted by molar-refractivity contribution is -0.124. The Labute approximate surface area is 92.3 Å². The van der Waals surface area contributed by atoms with E-state index in [1.54, 1.807) is 0 Å². The maximum atomic E-state index is 12.7. The SMILES string of the molecule is [2H]N1C(C([2H])([2H])[2H])(C([2H])([2H])[2H])C([2H])([2H])C(=O)C([2H])([2H])C1(C([2H])([2H])[2H])C([2H])([2H])[2H]. The second-order valence-electron chi connectivity index (χ2n) is 2.11. The molecule has 2 heteroatoms. The average Bonchev–Trinajstić information content (AvgIpc) is 2.28. The summed E-state index contributed by atoms with van der Waals surface area (Å²) in [7, 11) is 0. The Morgan fingerprint density at radius 2 is 1.91 bits per heavy atom. The third kappa shape index (κ3) is 2.29. The highest BCUT2D eigenvalue weighted by Crippen LogP contribution is 2.25. The summed E-state index contributed by atoms with van der Waals surface area (Å²) in [5.74, 6) is -2.50. The second kappa shape index (κ2) is 2.31. The van der Waals surface area contributed by atoms with Crippen molar-refractivity contribution in [2.75, 3.05) is 0 Å². The van der Waals surface area contributed by atoms with Crippen molar-refractivity contribution in [2.45, 2.75) is 51.2 Å². The lowest BCUT2D eigenvalue weighted by atomic mass is 9.82. The molecule has 1 rings (SSSR count). The second-order valence-corrected chi connectivity index (χ2v) is 2.11. The Hall–Kier alpha value is -0.370. The van der Waals surface area contributed by atoms with Gasteiger partial charge in [0.1, 0.15) is 7.20 Å². The van der Waals surface area contributed by atoms with Gasteiger partial charge in [-0.25, -0.2) is 0 Å². The summed E-state index contributed by atoms with van der Waals surface area (Å²) in [6.45, 7) is -16.6. The van der Waals surface area contributed by atoms with Gasteiger partial charge in [0.15, 0.2) is 0 Å². The summed E-state index contributed by atoms with van der Waals surface area (Å²) in [4.78, 5) is 12.7. The highest BCUT2D eigenvalue weighted by Gasteiger charge is 2.36. The fourth-order valence-corrected chi connectivity index (χ4v) is 0.667. The van der Waals surface area contributed by atoms with E-state index in [9.17, 15) is 4.79 Å². The average molecular weight is 172 g/mol. The van der Waals surface area contributed by atoms with Crippen molar-refractivity contribution in [1.82, 2.24) is 5.31 Å². The van der Waals surface area contributed by atoms with Gasteiger partial charge in [0.05, 0.1) is 0 Å². The molecule has 2 nitrogen and oxygen atoms in total. The van der Waals surface area contributed by atoms with E-state index in [2.05, 4.69) is 0 Å². The molecule has 1 aliphatic rings. The van der Waals surface area contributed by atoms with Gasteiger partial charge >= 0.3 is 0 Å². The lowest BCUT2D eigenvalue weighted by Crippen LogP contribution is -2.58. The van der Waals surface area contributed by atoms with Crippen LogP contribution >= 0.6 is 0 Å². The Bertz CT molecular complexity index is 566. The maximum absolute atomic E-state index is 12.7. The molecule has 1 saturated heterocycles. The molecule has 0 aromatic carbocycles. The van der Waals surface area contributed by atoms with Crippen molar-refractivity contribution >= 4 is 5.78 Å². The normalized spacial score (nSPS) is 66.9. The first-order chi connectivity index (χ1) is 11.8. The summed E-state index contributed by atoms with van der Waals surface area (Å²) < 4.78 is 130. The molecule has 0 unspecified atom stereocenters. The lowest BCUT2D eigenvalue weighted by Gasteiger charge is -2.41. The largest absolute Gasteiger partial charge is 0.306 e. The van der Waals surface area contributed by atoms with Crippen molar-refractivity contribution in [3.63, 3.8) is 0 Å². The topological polar surface area (TPSA) is 29.1 Å². The van der Waals surface area contributed by atoms with E-state index in [1.807, 2.05) is 0 Å². The Morgan fingerprint density at radius 1 is 1.45 bits per heavy atom. The molecule has 0 radical (unpaired) electrons. The third-order valence-corrected chi connectivity index (χ3v) is 0.924. The van der Waals surface area contributed by atoms with Crippen LogP contribution in [0.4, 0.5) is 0 Å². The van der Waals surface area contributed by atoms with Crippen molar-refractivity contribution in [3.05, 3.63) is 0 Å². The summed E-state index contributed by atoms with van der Waals surface area (Å²) >= 11 is 0. The number of hydrogen-bond donors (Lipinski definition) is 1. The molecule has 1 N–H and O–H groups in total. The van der Waals surface area contributed by atoms with Crippen LogP contribution in [-0.2, 0) is 4.79 Å². The fraction of sp³-hybridized carbons (Fsp3) is 0.889. The first-order valence-corrected chi connectivity index (χ1v) is 2.65. The van der Waals surface area contributed by atoms with Crippen LogP contribution in [0.2, 0.25) is 1.41 Å². The van der Waals surface area contributed by atoms with E-state index in [0.717, 1.165) is 0 Å².